The molecule has 0 spiro atoms. The molecule has 2 unspecified atom stereocenters. The van der Waals surface area contributed by atoms with Crippen molar-refractivity contribution in [2.24, 2.45) is 5.16 Å². The van der Waals surface area contributed by atoms with E-state index in [-0.39, 0.29) is 12.3 Å². The van der Waals surface area contributed by atoms with Gasteiger partial charge in [0.25, 0.3) is 5.91 Å². The van der Waals surface area contributed by atoms with E-state index in [9.17, 15) is 9.59 Å². The molecule has 1 aromatic heterocycles. The number of esters is 1. The maximum atomic E-state index is 13.3. The average molecular weight is 431 g/mol. The third kappa shape index (κ3) is 3.93. The lowest BCUT2D eigenvalue weighted by Crippen LogP contribution is -2.45. The summed E-state index contributed by atoms with van der Waals surface area (Å²) in [6, 6.07) is 18.7. The quantitative estimate of drug-likeness (QED) is 0.557. The number of carbonyl (C=O) groups excluding carboxylic acids is 2. The van der Waals surface area contributed by atoms with E-state index >= 15 is 0 Å². The van der Waals surface area contributed by atoms with Crippen LogP contribution in [0, 0.1) is 0 Å². The van der Waals surface area contributed by atoms with E-state index in [1.54, 1.807) is 18.1 Å². The second-order valence-electron chi connectivity index (χ2n) is 7.97. The number of fused-ring (bicyclic) bond motifs is 1. The fourth-order valence-electron chi connectivity index (χ4n) is 3.97. The van der Waals surface area contributed by atoms with Gasteiger partial charge >= 0.3 is 5.97 Å². The monoisotopic (exact) mass is 431 g/mol. The molecule has 32 heavy (non-hydrogen) atoms. The van der Waals surface area contributed by atoms with Crippen LogP contribution >= 0.6 is 0 Å². The zero-order valence-electron chi connectivity index (χ0n) is 18.3. The van der Waals surface area contributed by atoms with Gasteiger partial charge in [0.15, 0.2) is 0 Å². The van der Waals surface area contributed by atoms with Gasteiger partial charge in [0.05, 0.1) is 18.9 Å². The fraction of sp³-hybridized carbons (Fsp3) is 0.280. The Balaban J connectivity index is 1.55. The van der Waals surface area contributed by atoms with Crippen molar-refractivity contribution in [2.45, 2.75) is 31.4 Å². The Labute approximate surface area is 186 Å². The molecule has 0 saturated heterocycles. The van der Waals surface area contributed by atoms with E-state index in [0.29, 0.717) is 17.8 Å². The van der Waals surface area contributed by atoms with Crippen LogP contribution < -0.4 is 0 Å². The number of aromatic nitrogens is 1. The number of oxime groups is 1. The summed E-state index contributed by atoms with van der Waals surface area (Å²) in [4.78, 5) is 37.5. The van der Waals surface area contributed by atoms with E-state index in [1.807, 2.05) is 67.6 Å². The van der Waals surface area contributed by atoms with Crippen molar-refractivity contribution in [2.75, 3.05) is 14.2 Å². The number of nitrogens with zero attached hydrogens (tertiary/aromatic N) is 3. The van der Waals surface area contributed by atoms with Crippen molar-refractivity contribution < 1.29 is 19.2 Å². The molecule has 3 aromatic rings. The SMILES string of the molecule is COC(=O)C1(Cc2ccccc2)CC(C(C)N(C)C(=O)c2nccc3ccccc23)=NO1. The topological polar surface area (TPSA) is 81.1 Å². The maximum Gasteiger partial charge on any atom is 0.353 e. The van der Waals surface area contributed by atoms with Crippen molar-refractivity contribution in [1.82, 2.24) is 9.88 Å². The molecule has 164 valence electrons. The van der Waals surface area contributed by atoms with Crippen molar-refractivity contribution in [3.63, 3.8) is 0 Å². The lowest BCUT2D eigenvalue weighted by molar-refractivity contribution is -0.166. The second kappa shape index (κ2) is 8.78. The molecule has 2 aromatic carbocycles. The van der Waals surface area contributed by atoms with Gasteiger partial charge in [-0.25, -0.2) is 4.79 Å². The van der Waals surface area contributed by atoms with Gasteiger partial charge in [-0.15, -0.1) is 0 Å². The summed E-state index contributed by atoms with van der Waals surface area (Å²) in [6.45, 7) is 1.86. The molecular formula is C25H25N3O4. The molecule has 0 N–H and O–H groups in total. The molecule has 1 amide bonds. The van der Waals surface area contributed by atoms with Crippen LogP contribution in [0.2, 0.25) is 0 Å². The summed E-state index contributed by atoms with van der Waals surface area (Å²) in [5, 5.41) is 5.95. The predicted octanol–water partition coefficient (Wildman–Crippen LogP) is 3.63. The van der Waals surface area contributed by atoms with Gasteiger partial charge in [-0.1, -0.05) is 59.8 Å². The number of benzene rings is 2. The Morgan fingerprint density at radius 3 is 2.59 bits per heavy atom. The largest absolute Gasteiger partial charge is 0.466 e. The minimum Gasteiger partial charge on any atom is -0.466 e. The Morgan fingerprint density at radius 2 is 1.84 bits per heavy atom. The molecule has 2 atom stereocenters. The van der Waals surface area contributed by atoms with Crippen LogP contribution in [0.4, 0.5) is 0 Å². The minimum atomic E-state index is -1.25. The minimum absolute atomic E-state index is 0.226. The van der Waals surface area contributed by atoms with Crippen LogP contribution in [-0.4, -0.2) is 53.3 Å². The third-order valence-electron chi connectivity index (χ3n) is 5.95. The highest BCUT2D eigenvalue weighted by Crippen LogP contribution is 2.32. The normalized spacial score (nSPS) is 18.5. The number of amides is 1. The Kier molecular flexibility index (Phi) is 5.90. The molecule has 7 heteroatoms. The first-order chi connectivity index (χ1) is 15.4. The molecule has 4 rings (SSSR count). The summed E-state index contributed by atoms with van der Waals surface area (Å²) in [5.41, 5.74) is 0.663. The Hall–Kier alpha value is -3.74. The summed E-state index contributed by atoms with van der Waals surface area (Å²) < 4.78 is 5.04. The van der Waals surface area contributed by atoms with Crippen molar-refractivity contribution >= 4 is 28.4 Å². The van der Waals surface area contributed by atoms with E-state index < -0.39 is 17.6 Å². The zero-order chi connectivity index (χ0) is 22.7. The van der Waals surface area contributed by atoms with Crippen molar-refractivity contribution in [3.05, 3.63) is 78.1 Å². The maximum absolute atomic E-state index is 13.3. The highest BCUT2D eigenvalue weighted by molar-refractivity contribution is 6.07. The predicted molar refractivity (Wildman–Crippen MR) is 121 cm³/mol. The molecule has 0 saturated carbocycles. The van der Waals surface area contributed by atoms with E-state index in [4.69, 9.17) is 9.57 Å². The summed E-state index contributed by atoms with van der Waals surface area (Å²) in [7, 11) is 3.04. The molecule has 0 radical (unpaired) electrons. The molecule has 0 bridgehead atoms. The van der Waals surface area contributed by atoms with Crippen LogP contribution in [-0.2, 0) is 20.8 Å². The summed E-state index contributed by atoms with van der Waals surface area (Å²) >= 11 is 0. The molecule has 2 heterocycles. The van der Waals surface area contributed by atoms with E-state index in [2.05, 4.69) is 10.1 Å². The standard InChI is InChI=1S/C25H25N3O4/c1-17(28(2)23(29)22-20-12-8-7-11-19(20)13-14-26-22)21-16-25(32-27-21,24(30)31-3)15-18-9-5-4-6-10-18/h4-14,17H,15-16H2,1-3H3. The number of pyridine rings is 1. The summed E-state index contributed by atoms with van der Waals surface area (Å²) in [6.07, 6.45) is 2.19. The zero-order valence-corrected chi connectivity index (χ0v) is 18.3. The highest BCUT2D eigenvalue weighted by atomic mass is 16.7. The van der Waals surface area contributed by atoms with E-state index in [1.165, 1.54) is 7.11 Å². The number of rotatable bonds is 6. The third-order valence-corrected chi connectivity index (χ3v) is 5.95. The van der Waals surface area contributed by atoms with Gasteiger partial charge in [0, 0.05) is 31.5 Å². The van der Waals surface area contributed by atoms with E-state index in [0.717, 1.165) is 16.3 Å². The van der Waals surface area contributed by atoms with Crippen LogP contribution in [0.3, 0.4) is 0 Å². The Morgan fingerprint density at radius 1 is 1.12 bits per heavy atom. The molecule has 1 aliphatic rings. The number of ether oxygens (including phenoxy) is 1. The first-order valence-electron chi connectivity index (χ1n) is 10.4. The van der Waals surface area contributed by atoms with Crippen LogP contribution in [0.15, 0.2) is 72.0 Å². The number of methoxy groups -OCH3 is 1. The molecule has 0 fully saturated rings. The van der Waals surface area contributed by atoms with Crippen molar-refractivity contribution in [1.29, 1.82) is 0 Å². The van der Waals surface area contributed by atoms with Crippen LogP contribution in [0.25, 0.3) is 10.8 Å². The highest BCUT2D eigenvalue weighted by Gasteiger charge is 2.49. The Bertz CT molecular complexity index is 1170. The lowest BCUT2D eigenvalue weighted by atomic mass is 9.88. The first kappa shape index (κ1) is 21.5. The van der Waals surface area contributed by atoms with Gasteiger partial charge in [0.1, 0.15) is 5.69 Å². The van der Waals surface area contributed by atoms with Gasteiger partial charge in [-0.3, -0.25) is 9.78 Å². The second-order valence-corrected chi connectivity index (χ2v) is 7.97. The van der Waals surface area contributed by atoms with Crippen molar-refractivity contribution in [3.8, 4) is 0 Å². The number of hydrogen-bond acceptors (Lipinski definition) is 6. The first-order valence-corrected chi connectivity index (χ1v) is 10.4. The molecule has 7 nitrogen and oxygen atoms in total. The molecule has 0 aliphatic carbocycles. The molecule has 1 aliphatic heterocycles. The van der Waals surface area contributed by atoms with Gasteiger partial charge in [0.2, 0.25) is 5.60 Å². The fourth-order valence-corrected chi connectivity index (χ4v) is 3.97. The average Bonchev–Trinajstić information content (AvgIpc) is 3.27. The van der Waals surface area contributed by atoms with Gasteiger partial charge in [-0.2, -0.15) is 0 Å². The smallest absolute Gasteiger partial charge is 0.353 e. The summed E-state index contributed by atoms with van der Waals surface area (Å²) in [5.74, 6) is -0.715. The van der Waals surface area contributed by atoms with Crippen LogP contribution in [0.1, 0.15) is 29.4 Å². The number of carbonyl (C=O) groups is 2. The molecular weight excluding hydrogens is 406 g/mol. The number of hydrogen-bond donors (Lipinski definition) is 0. The lowest BCUT2D eigenvalue weighted by Gasteiger charge is -2.26. The van der Waals surface area contributed by atoms with Gasteiger partial charge < -0.3 is 14.5 Å². The van der Waals surface area contributed by atoms with Crippen LogP contribution in [0.5, 0.6) is 0 Å². The van der Waals surface area contributed by atoms with Gasteiger partial charge in [-0.05, 0) is 23.9 Å².